The molecule has 2 aromatic rings. The van der Waals surface area contributed by atoms with Gasteiger partial charge in [-0.15, -0.1) is 34.3 Å². The summed E-state index contributed by atoms with van der Waals surface area (Å²) in [5.41, 5.74) is 1.63. The Hall–Kier alpha value is -0.661. The van der Waals surface area contributed by atoms with Crippen LogP contribution in [0.15, 0.2) is 10.8 Å². The SMILES string of the molecule is ClCc1csc(C2CC2)n1.O=Cc1csc(C2CC2)n1.[O]=[Mn]=[O]. The number of hydrogen-bond donors (Lipinski definition) is 0. The van der Waals surface area contributed by atoms with Crippen molar-refractivity contribution in [3.8, 4) is 0 Å². The van der Waals surface area contributed by atoms with Gasteiger partial charge in [0.2, 0.25) is 0 Å². The quantitative estimate of drug-likeness (QED) is 0.423. The summed E-state index contributed by atoms with van der Waals surface area (Å²) in [5, 5.41) is 6.30. The van der Waals surface area contributed by atoms with Gasteiger partial charge in [-0.1, -0.05) is 0 Å². The van der Waals surface area contributed by atoms with Crippen LogP contribution in [0, 0.1) is 0 Å². The Morgan fingerprint density at radius 2 is 1.61 bits per heavy atom. The molecule has 4 rings (SSSR count). The summed E-state index contributed by atoms with van der Waals surface area (Å²) in [7, 11) is 0. The maximum absolute atomic E-state index is 10.2. The Bertz CT molecular complexity index is 677. The summed E-state index contributed by atoms with van der Waals surface area (Å²) < 4.78 is 16.8. The van der Waals surface area contributed by atoms with Crippen LogP contribution < -0.4 is 0 Å². The number of halogens is 1. The summed E-state index contributed by atoms with van der Waals surface area (Å²) in [6, 6.07) is 0. The molecule has 2 aliphatic carbocycles. The Morgan fingerprint density at radius 1 is 1.09 bits per heavy atom. The zero-order valence-electron chi connectivity index (χ0n) is 12.1. The minimum atomic E-state index is -1.44. The molecule has 0 radical (unpaired) electrons. The second-order valence-corrected chi connectivity index (χ2v) is 7.39. The summed E-state index contributed by atoms with van der Waals surface area (Å²) in [5.74, 6) is 2.02. The molecular formula is C14H15ClMnN2O3S2. The van der Waals surface area contributed by atoms with Gasteiger partial charge in [0.1, 0.15) is 5.69 Å². The van der Waals surface area contributed by atoms with Crippen LogP contribution in [-0.2, 0) is 28.4 Å². The average Bonchev–Trinajstić information content (AvgIpc) is 3.50. The molecule has 2 heterocycles. The molecule has 0 saturated heterocycles. The van der Waals surface area contributed by atoms with Gasteiger partial charge in [0.25, 0.3) is 0 Å². The first-order valence-corrected chi connectivity index (χ1v) is 10.3. The summed E-state index contributed by atoms with van der Waals surface area (Å²) in [4.78, 5) is 18.7. The minimum absolute atomic E-state index is 0.559. The fourth-order valence-corrected chi connectivity index (χ4v) is 3.93. The maximum atomic E-state index is 10.2. The molecule has 2 aromatic heterocycles. The number of alkyl halides is 1. The monoisotopic (exact) mass is 413 g/mol. The first-order valence-electron chi connectivity index (χ1n) is 7.02. The van der Waals surface area contributed by atoms with Crippen molar-refractivity contribution in [2.75, 3.05) is 0 Å². The number of nitrogens with zero attached hydrogens (tertiary/aromatic N) is 2. The molecule has 0 unspecified atom stereocenters. The molecular weight excluding hydrogens is 399 g/mol. The van der Waals surface area contributed by atoms with Gasteiger partial charge in [-0.2, -0.15) is 0 Å². The number of hydrogen-bond acceptors (Lipinski definition) is 7. The van der Waals surface area contributed by atoms with Crippen LogP contribution in [0.25, 0.3) is 0 Å². The van der Waals surface area contributed by atoms with E-state index in [2.05, 4.69) is 15.3 Å². The molecule has 0 aromatic carbocycles. The second kappa shape index (κ2) is 9.59. The van der Waals surface area contributed by atoms with E-state index in [0.717, 1.165) is 22.9 Å². The zero-order valence-corrected chi connectivity index (χ0v) is 15.7. The Kier molecular flexibility index (Phi) is 7.79. The van der Waals surface area contributed by atoms with Crippen LogP contribution in [0.3, 0.4) is 0 Å². The fraction of sp³-hybridized carbons (Fsp3) is 0.500. The number of aldehydes is 1. The molecule has 0 aliphatic heterocycles. The third-order valence-electron chi connectivity index (χ3n) is 3.22. The van der Waals surface area contributed by atoms with Gasteiger partial charge in [0.05, 0.1) is 21.6 Å². The molecule has 9 heteroatoms. The summed E-state index contributed by atoms with van der Waals surface area (Å²) in [6.07, 6.45) is 5.98. The molecule has 2 aliphatic rings. The van der Waals surface area contributed by atoms with Crippen molar-refractivity contribution in [2.24, 2.45) is 0 Å². The first-order chi connectivity index (χ1) is 11.2. The summed E-state index contributed by atoms with van der Waals surface area (Å²) >= 11 is 7.52. The third-order valence-corrected chi connectivity index (χ3v) is 5.58. The van der Waals surface area contributed by atoms with E-state index in [1.165, 1.54) is 30.7 Å². The molecule has 2 fully saturated rings. The molecule has 23 heavy (non-hydrogen) atoms. The van der Waals surface area contributed by atoms with E-state index in [0.29, 0.717) is 17.5 Å². The normalized spacial score (nSPS) is 15.7. The molecule has 0 amide bonds. The van der Waals surface area contributed by atoms with Crippen LogP contribution in [0.4, 0.5) is 0 Å². The molecule has 5 nitrogen and oxygen atoms in total. The van der Waals surface area contributed by atoms with Crippen molar-refractivity contribution in [1.29, 1.82) is 0 Å². The van der Waals surface area contributed by atoms with Crippen LogP contribution in [0.1, 0.15) is 63.7 Å². The Balaban J connectivity index is 0.000000143. The van der Waals surface area contributed by atoms with Crippen molar-refractivity contribution in [3.05, 3.63) is 32.2 Å². The van der Waals surface area contributed by atoms with Gasteiger partial charge in [-0.3, -0.25) is 4.79 Å². The molecule has 125 valence electrons. The van der Waals surface area contributed by atoms with Crippen molar-refractivity contribution in [3.63, 3.8) is 0 Å². The van der Waals surface area contributed by atoms with Crippen LogP contribution in [-0.4, -0.2) is 16.3 Å². The first kappa shape index (κ1) is 18.7. The zero-order chi connectivity index (χ0) is 16.7. The van der Waals surface area contributed by atoms with Crippen LogP contribution in [0.5, 0.6) is 0 Å². The number of carbonyl (C=O) groups excluding carboxylic acids is 1. The van der Waals surface area contributed by atoms with E-state index in [1.54, 1.807) is 22.7 Å². The average molecular weight is 414 g/mol. The third kappa shape index (κ3) is 6.39. The molecule has 2 saturated carbocycles. The number of thiazole rings is 2. The van der Waals surface area contributed by atoms with Crippen molar-refractivity contribution < 1.29 is 27.3 Å². The van der Waals surface area contributed by atoms with Crippen LogP contribution in [0.2, 0.25) is 0 Å². The molecule has 0 spiro atoms. The standard InChI is InChI=1S/C7H8ClNS.C7H7NOS.Mn.2O/c8-3-6-4-10-7(9-6)5-1-2-5;9-3-6-4-10-7(8-6)5-1-2-5;;;/h4-5H,1-3H2;3-5H,1-2H2;;;. The van der Waals surface area contributed by atoms with Gasteiger partial charge in [-0.05, 0) is 25.7 Å². The van der Waals surface area contributed by atoms with E-state index in [-0.39, 0.29) is 0 Å². The molecule has 0 N–H and O–H groups in total. The predicted octanol–water partition coefficient (Wildman–Crippen LogP) is 4.35. The second-order valence-electron chi connectivity index (χ2n) is 5.15. The fourth-order valence-electron chi connectivity index (χ4n) is 1.77. The van der Waals surface area contributed by atoms with Gasteiger partial charge >= 0.3 is 22.5 Å². The summed E-state index contributed by atoms with van der Waals surface area (Å²) in [6.45, 7) is 0. The number of rotatable bonds is 4. The number of aromatic nitrogens is 2. The van der Waals surface area contributed by atoms with E-state index in [9.17, 15) is 4.79 Å². The van der Waals surface area contributed by atoms with E-state index in [1.807, 2.05) is 5.38 Å². The van der Waals surface area contributed by atoms with Crippen molar-refractivity contribution in [1.82, 2.24) is 9.97 Å². The van der Waals surface area contributed by atoms with Crippen molar-refractivity contribution >= 4 is 40.6 Å². The van der Waals surface area contributed by atoms with Gasteiger partial charge < -0.3 is 0 Å². The van der Waals surface area contributed by atoms with Crippen LogP contribution >= 0.6 is 34.3 Å². The number of carbonyl (C=O) groups is 1. The van der Waals surface area contributed by atoms with Crippen molar-refractivity contribution in [2.45, 2.75) is 43.4 Å². The van der Waals surface area contributed by atoms with Gasteiger partial charge in [-0.25, -0.2) is 9.97 Å². The Morgan fingerprint density at radius 3 is 2.00 bits per heavy atom. The topological polar surface area (TPSA) is 77.0 Å². The van der Waals surface area contributed by atoms with Gasteiger partial charge in [0.15, 0.2) is 6.29 Å². The Labute approximate surface area is 153 Å². The molecule has 0 bridgehead atoms. The van der Waals surface area contributed by atoms with Gasteiger partial charge in [0, 0.05) is 22.6 Å². The van der Waals surface area contributed by atoms with E-state index in [4.69, 9.17) is 19.3 Å². The molecule has 0 atom stereocenters. The van der Waals surface area contributed by atoms with E-state index < -0.39 is 14.8 Å². The predicted molar refractivity (Wildman–Crippen MR) is 84.5 cm³/mol. The van der Waals surface area contributed by atoms with E-state index >= 15 is 0 Å².